The highest BCUT2D eigenvalue weighted by molar-refractivity contribution is 7.99. The van der Waals surface area contributed by atoms with Crippen molar-refractivity contribution < 1.29 is 19.1 Å². The smallest absolute Gasteiger partial charge is 0.337 e. The van der Waals surface area contributed by atoms with E-state index in [4.69, 9.17) is 4.42 Å². The second-order valence-corrected chi connectivity index (χ2v) is 8.35. The van der Waals surface area contributed by atoms with Crippen molar-refractivity contribution in [1.29, 1.82) is 0 Å². The minimum absolute atomic E-state index is 0.0463. The number of aryl methyl sites for hydroxylation is 2. The number of anilines is 1. The van der Waals surface area contributed by atoms with E-state index in [-0.39, 0.29) is 17.2 Å². The number of furan rings is 1. The lowest BCUT2D eigenvalue weighted by atomic mass is 10.1. The van der Waals surface area contributed by atoms with Crippen molar-refractivity contribution in [2.75, 3.05) is 11.1 Å². The number of rotatable bonds is 8. The van der Waals surface area contributed by atoms with Crippen molar-refractivity contribution in [3.05, 3.63) is 83.3 Å². The lowest BCUT2D eigenvalue weighted by Gasteiger charge is -2.12. The van der Waals surface area contributed by atoms with Crippen molar-refractivity contribution >= 4 is 29.3 Å². The molecule has 0 aliphatic rings. The highest BCUT2D eigenvalue weighted by atomic mass is 32.2. The Kier molecular flexibility index (Phi) is 6.60. The number of benzene rings is 2. The number of carboxylic acids is 1. The maximum absolute atomic E-state index is 12.7. The van der Waals surface area contributed by atoms with Crippen LogP contribution >= 0.6 is 11.8 Å². The monoisotopic (exact) mass is 462 g/mol. The van der Waals surface area contributed by atoms with Crippen molar-refractivity contribution in [2.45, 2.75) is 25.5 Å². The van der Waals surface area contributed by atoms with Gasteiger partial charge < -0.3 is 14.8 Å². The maximum atomic E-state index is 12.7. The van der Waals surface area contributed by atoms with Crippen LogP contribution in [0.4, 0.5) is 5.69 Å². The lowest BCUT2D eigenvalue weighted by Crippen LogP contribution is -2.18. The Hall–Kier alpha value is -3.85. The number of hydrogen-bond donors (Lipinski definition) is 2. The maximum Gasteiger partial charge on any atom is 0.337 e. The van der Waals surface area contributed by atoms with E-state index in [1.54, 1.807) is 25.3 Å². The number of amides is 1. The fourth-order valence-electron chi connectivity index (χ4n) is 3.44. The highest BCUT2D eigenvalue weighted by Crippen LogP contribution is 2.28. The molecule has 33 heavy (non-hydrogen) atoms. The van der Waals surface area contributed by atoms with E-state index in [0.717, 1.165) is 16.9 Å². The predicted molar refractivity (Wildman–Crippen MR) is 125 cm³/mol. The molecule has 168 valence electrons. The predicted octanol–water partition coefficient (Wildman–Crippen LogP) is 4.63. The molecule has 0 atom stereocenters. The number of nitrogens with one attached hydrogen (secondary N) is 1. The third-order valence-electron chi connectivity index (χ3n) is 5.10. The van der Waals surface area contributed by atoms with E-state index in [0.29, 0.717) is 28.8 Å². The largest absolute Gasteiger partial charge is 0.478 e. The molecule has 4 aromatic rings. The van der Waals surface area contributed by atoms with Crippen LogP contribution in [0.3, 0.4) is 0 Å². The zero-order valence-corrected chi connectivity index (χ0v) is 18.9. The molecule has 0 aliphatic heterocycles. The average molecular weight is 463 g/mol. The minimum atomic E-state index is -1.09. The summed E-state index contributed by atoms with van der Waals surface area (Å²) < 4.78 is 7.39. The summed E-state index contributed by atoms with van der Waals surface area (Å²) in [5, 5.41) is 21.4. The number of nitrogens with zero attached hydrogens (tertiary/aromatic N) is 3. The van der Waals surface area contributed by atoms with E-state index in [1.807, 2.05) is 47.9 Å². The molecule has 2 N–H and O–H groups in total. The highest BCUT2D eigenvalue weighted by Gasteiger charge is 2.20. The molecule has 0 aliphatic carbocycles. The summed E-state index contributed by atoms with van der Waals surface area (Å²) in [5.41, 5.74) is 2.94. The van der Waals surface area contributed by atoms with E-state index >= 15 is 0 Å². The van der Waals surface area contributed by atoms with Gasteiger partial charge in [0.15, 0.2) is 11.0 Å². The Morgan fingerprint density at radius 1 is 1.06 bits per heavy atom. The van der Waals surface area contributed by atoms with Gasteiger partial charge in [-0.1, -0.05) is 54.2 Å². The SMILES string of the molecule is Cc1cccc(C(=O)O)c1NC(=O)CSc1nnc(-c2ccoc2C)n1Cc1ccccc1. The van der Waals surface area contributed by atoms with Crippen LogP contribution in [0.25, 0.3) is 11.4 Å². The normalized spacial score (nSPS) is 10.8. The number of aromatic nitrogens is 3. The summed E-state index contributed by atoms with van der Waals surface area (Å²) in [6.45, 7) is 4.14. The van der Waals surface area contributed by atoms with E-state index < -0.39 is 5.97 Å². The van der Waals surface area contributed by atoms with Gasteiger partial charge in [0.25, 0.3) is 0 Å². The molecule has 9 heteroatoms. The van der Waals surface area contributed by atoms with Crippen molar-refractivity contribution in [3.63, 3.8) is 0 Å². The second kappa shape index (κ2) is 9.74. The molecular formula is C24H22N4O4S. The first-order valence-corrected chi connectivity index (χ1v) is 11.2. The Labute approximate surface area is 194 Å². The lowest BCUT2D eigenvalue weighted by molar-refractivity contribution is -0.113. The number of carboxylic acid groups (broad SMARTS) is 1. The Morgan fingerprint density at radius 2 is 1.85 bits per heavy atom. The number of carbonyl (C=O) groups is 2. The van der Waals surface area contributed by atoms with Gasteiger partial charge in [-0.05, 0) is 37.1 Å². The van der Waals surface area contributed by atoms with E-state index in [1.165, 1.54) is 17.8 Å². The minimum Gasteiger partial charge on any atom is -0.478 e. The molecule has 0 saturated heterocycles. The van der Waals surface area contributed by atoms with Crippen LogP contribution in [0, 0.1) is 13.8 Å². The third-order valence-corrected chi connectivity index (χ3v) is 6.07. The molecule has 1 amide bonds. The summed E-state index contributed by atoms with van der Waals surface area (Å²) >= 11 is 1.24. The first-order chi connectivity index (χ1) is 15.9. The van der Waals surface area contributed by atoms with Crippen LogP contribution in [-0.4, -0.2) is 37.5 Å². The molecule has 0 radical (unpaired) electrons. The Morgan fingerprint density at radius 3 is 2.55 bits per heavy atom. The summed E-state index contributed by atoms with van der Waals surface area (Å²) in [6.07, 6.45) is 1.61. The van der Waals surface area contributed by atoms with Crippen LogP contribution in [0.1, 0.15) is 27.2 Å². The summed E-state index contributed by atoms with van der Waals surface area (Å²) in [4.78, 5) is 24.2. The van der Waals surface area contributed by atoms with Gasteiger partial charge in [-0.2, -0.15) is 0 Å². The van der Waals surface area contributed by atoms with Crippen LogP contribution < -0.4 is 5.32 Å². The molecule has 2 aromatic heterocycles. The number of para-hydroxylation sites is 1. The van der Waals surface area contributed by atoms with Crippen LogP contribution in [-0.2, 0) is 11.3 Å². The number of carbonyl (C=O) groups excluding carboxylic acids is 1. The fourth-order valence-corrected chi connectivity index (χ4v) is 4.18. The van der Waals surface area contributed by atoms with Gasteiger partial charge >= 0.3 is 5.97 Å². The molecule has 2 aromatic carbocycles. The molecular weight excluding hydrogens is 440 g/mol. The van der Waals surface area contributed by atoms with E-state index in [2.05, 4.69) is 15.5 Å². The molecule has 0 fully saturated rings. The van der Waals surface area contributed by atoms with Gasteiger partial charge in [0.2, 0.25) is 5.91 Å². The number of hydrogen-bond acceptors (Lipinski definition) is 6. The van der Waals surface area contributed by atoms with Crippen LogP contribution in [0.5, 0.6) is 0 Å². The van der Waals surface area contributed by atoms with Crippen molar-refractivity contribution in [1.82, 2.24) is 14.8 Å². The standard InChI is InChI=1S/C24H22N4O4S/c1-15-7-6-10-19(23(30)31)21(15)25-20(29)14-33-24-27-26-22(18-11-12-32-16(18)2)28(24)13-17-8-4-3-5-9-17/h3-12H,13-14H2,1-2H3,(H,25,29)(H,30,31). The van der Waals surface area contributed by atoms with E-state index in [9.17, 15) is 14.7 Å². The van der Waals surface area contributed by atoms with Crippen molar-refractivity contribution in [3.8, 4) is 11.4 Å². The zero-order valence-electron chi connectivity index (χ0n) is 18.1. The summed E-state index contributed by atoms with van der Waals surface area (Å²) in [6, 6.07) is 16.6. The zero-order chi connectivity index (χ0) is 23.4. The second-order valence-electron chi connectivity index (χ2n) is 7.41. The fraction of sp³-hybridized carbons (Fsp3) is 0.167. The molecule has 0 spiro atoms. The van der Waals surface area contributed by atoms with Gasteiger partial charge in [0.05, 0.1) is 35.4 Å². The topological polar surface area (TPSA) is 110 Å². The Balaban J connectivity index is 1.56. The first kappa shape index (κ1) is 22.3. The van der Waals surface area contributed by atoms with Gasteiger partial charge in [-0.15, -0.1) is 10.2 Å². The van der Waals surface area contributed by atoms with Gasteiger partial charge in [0.1, 0.15) is 5.76 Å². The van der Waals surface area contributed by atoms with Gasteiger partial charge in [-0.25, -0.2) is 4.79 Å². The molecule has 0 unspecified atom stereocenters. The molecule has 4 rings (SSSR count). The van der Waals surface area contributed by atoms with Gasteiger partial charge in [0, 0.05) is 0 Å². The average Bonchev–Trinajstić information content (AvgIpc) is 3.39. The summed E-state index contributed by atoms with van der Waals surface area (Å²) in [7, 11) is 0. The van der Waals surface area contributed by atoms with Crippen molar-refractivity contribution in [2.24, 2.45) is 0 Å². The first-order valence-electron chi connectivity index (χ1n) is 10.2. The quantitative estimate of drug-likeness (QED) is 0.367. The number of aromatic carboxylic acids is 1. The third kappa shape index (κ3) is 4.98. The summed E-state index contributed by atoms with van der Waals surface area (Å²) in [5.74, 6) is 0.00772. The van der Waals surface area contributed by atoms with Crippen LogP contribution in [0.2, 0.25) is 0 Å². The Bertz CT molecular complexity index is 1300. The molecule has 0 bridgehead atoms. The molecule has 2 heterocycles. The number of thioether (sulfide) groups is 1. The molecule has 0 saturated carbocycles. The molecule has 8 nitrogen and oxygen atoms in total. The van der Waals surface area contributed by atoms with Gasteiger partial charge in [-0.3, -0.25) is 9.36 Å². The van der Waals surface area contributed by atoms with Crippen LogP contribution in [0.15, 0.2) is 70.4 Å².